The second-order valence-electron chi connectivity index (χ2n) is 7.82. The molecule has 15 nitrogen and oxygen atoms in total. The first kappa shape index (κ1) is 34.2. The third-order valence-electron chi connectivity index (χ3n) is 5.51. The summed E-state index contributed by atoms with van der Waals surface area (Å²) >= 11 is 2.15. The van der Waals surface area contributed by atoms with E-state index in [-0.39, 0.29) is 88.6 Å². The summed E-state index contributed by atoms with van der Waals surface area (Å²) in [5, 5.41) is 36.7. The molecule has 2 aliphatic heterocycles. The largest absolute Gasteiger partial charge is 1.00 e. The first-order valence-corrected chi connectivity index (χ1v) is 13.9. The number of carboxylic acid groups (broad SMARTS) is 1. The molecule has 3 heterocycles. The molecular weight excluding hydrogens is 596 g/mol. The van der Waals surface area contributed by atoms with Crippen molar-refractivity contribution in [1.29, 1.82) is 0 Å². The van der Waals surface area contributed by atoms with Crippen LogP contribution < -0.4 is 74.3 Å². The Kier molecular flexibility index (Phi) is 12.9. The van der Waals surface area contributed by atoms with Gasteiger partial charge in [0.05, 0.1) is 11.7 Å². The molecule has 2 aromatic rings. The number of nitrogens with one attached hydrogen (secondary N) is 3. The maximum atomic E-state index is 12.9. The number of carboxylic acids is 1. The van der Waals surface area contributed by atoms with Gasteiger partial charge in [-0.05, 0) is 28.0 Å². The molecule has 1 fully saturated rings. The van der Waals surface area contributed by atoms with Crippen molar-refractivity contribution in [2.45, 2.75) is 34.3 Å². The topological polar surface area (TPSA) is 233 Å². The minimum atomic E-state index is -4.74. The van der Waals surface area contributed by atoms with Gasteiger partial charge in [-0.15, -0.1) is 16.9 Å². The second-order valence-corrected chi connectivity index (χ2v) is 11.3. The van der Waals surface area contributed by atoms with Crippen LogP contribution in [0.3, 0.4) is 0 Å². The van der Waals surface area contributed by atoms with E-state index in [0.717, 1.165) is 16.7 Å². The molecule has 4 atom stereocenters. The quantitative estimate of drug-likeness (QED) is 0.0797. The fourth-order valence-electron chi connectivity index (χ4n) is 3.85. The number of H-pyrrole nitrogens is 1. The third kappa shape index (κ3) is 8.26. The number of benzene rings is 1. The monoisotopic (exact) mass is 615 g/mol. The molecule has 0 bridgehead atoms. The van der Waals surface area contributed by atoms with E-state index in [0.29, 0.717) is 5.56 Å². The first-order chi connectivity index (χ1) is 17.6. The van der Waals surface area contributed by atoms with Crippen LogP contribution in [0.15, 0.2) is 46.8 Å². The van der Waals surface area contributed by atoms with Gasteiger partial charge in [-0.2, -0.15) is 0 Å². The van der Waals surface area contributed by atoms with Crippen LogP contribution in [0.4, 0.5) is 0 Å². The number of fused-ring (bicyclic) bond motifs is 1. The molecule has 2 amide bonds. The van der Waals surface area contributed by atoms with Crippen molar-refractivity contribution in [3.05, 3.63) is 47.2 Å². The minimum absolute atomic E-state index is 0. The number of amides is 2. The summed E-state index contributed by atoms with van der Waals surface area (Å²) in [6.07, 6.45) is -1.56. The van der Waals surface area contributed by atoms with Gasteiger partial charge in [0.15, 0.2) is 16.4 Å². The van der Waals surface area contributed by atoms with E-state index in [1.165, 1.54) is 11.8 Å². The normalized spacial score (nSPS) is 20.1. The number of aromatic amines is 1. The van der Waals surface area contributed by atoms with Gasteiger partial charge in [0, 0.05) is 17.5 Å². The number of nitrogens with zero attached hydrogens (tertiary/aromatic N) is 4. The molecule has 39 heavy (non-hydrogen) atoms. The summed E-state index contributed by atoms with van der Waals surface area (Å²) in [6, 6.07) is 7.01. The second kappa shape index (κ2) is 14.7. The number of hydrogen-bond acceptors (Lipinski definition) is 13. The van der Waals surface area contributed by atoms with E-state index >= 15 is 0 Å². The molecule has 0 spiro atoms. The zero-order valence-electron chi connectivity index (χ0n) is 20.6. The average Bonchev–Trinajstić information content (AvgIpc) is 3.38. The summed E-state index contributed by atoms with van der Waals surface area (Å²) < 4.78 is 34.7. The Labute approximate surface area is 275 Å². The molecule has 0 saturated carbocycles. The zero-order valence-corrected chi connectivity index (χ0v) is 27.1. The number of carbonyl (C=O) groups excluding carboxylic acids is 3. The third-order valence-corrected chi connectivity index (χ3v) is 8.57. The summed E-state index contributed by atoms with van der Waals surface area (Å²) in [5.74, 6) is -3.10. The summed E-state index contributed by atoms with van der Waals surface area (Å²) in [6.45, 7) is -0.313. The Hall–Kier alpha value is -1.03. The van der Waals surface area contributed by atoms with E-state index in [1.54, 1.807) is 30.3 Å². The Bertz CT molecular complexity index is 1320. The molecule has 198 valence electrons. The number of hydrogen-bond donors (Lipinski definition) is 4. The van der Waals surface area contributed by atoms with Gasteiger partial charge < -0.3 is 24.9 Å². The maximum Gasteiger partial charge on any atom is 1.00 e. The van der Waals surface area contributed by atoms with Crippen LogP contribution in [0.1, 0.15) is 18.1 Å². The molecule has 1 saturated heterocycles. The van der Waals surface area contributed by atoms with Crippen molar-refractivity contribution in [1.82, 2.24) is 35.6 Å². The molecular formula is C19H19N7Na2O8S3. The zero-order chi connectivity index (χ0) is 26.7. The van der Waals surface area contributed by atoms with E-state index in [2.05, 4.69) is 25.9 Å². The summed E-state index contributed by atoms with van der Waals surface area (Å²) in [5.41, 5.74) is 0.140. The number of aliphatic hydroxyl groups excluding tert-OH is 1. The van der Waals surface area contributed by atoms with E-state index in [4.69, 9.17) is 0 Å². The van der Waals surface area contributed by atoms with E-state index < -0.39 is 56.6 Å². The molecule has 4 rings (SSSR count). The van der Waals surface area contributed by atoms with Crippen molar-refractivity contribution in [2.24, 2.45) is 0 Å². The van der Waals surface area contributed by atoms with E-state index in [9.17, 15) is 37.6 Å². The van der Waals surface area contributed by atoms with Crippen LogP contribution in [0.5, 0.6) is 0 Å². The minimum Gasteiger partial charge on any atom is -0.735 e. The van der Waals surface area contributed by atoms with Crippen LogP contribution in [0.2, 0.25) is 0 Å². The van der Waals surface area contributed by atoms with Gasteiger partial charge in [0.25, 0.3) is 11.8 Å². The number of carbonyl (C=O) groups is 3. The van der Waals surface area contributed by atoms with Crippen molar-refractivity contribution < 1.29 is 96.7 Å². The standard InChI is InChI=1S/C19H21N7O8S3.2Na/c27-14(9-4-2-1-3-5-9)15(28)21-12-16(29)26-13(18(30)31)10(8-35-17(12)26)11(6-7-20-37(32,33)34)36-19-22-24-25-23-19;;/h1-5,11-12,14,17,20,27H,6-8H2,(H,21,28)(H,30,31)(H,32,33,34)(H,22,23,24,25);;/q;2*+1/p-2/t11?,12?,14?,17-;;/m0../s1. The molecule has 0 radical (unpaired) electrons. The Balaban J connectivity index is 0.00000267. The molecule has 2 aliphatic rings. The molecule has 1 aromatic carbocycles. The fourth-order valence-corrected chi connectivity index (χ4v) is 6.77. The Morgan fingerprint density at radius 2 is 1.97 bits per heavy atom. The van der Waals surface area contributed by atoms with Crippen LogP contribution in [-0.4, -0.2) is 90.3 Å². The number of tetrazole rings is 1. The molecule has 4 N–H and O–H groups in total. The number of β-lactam (4-membered cyclic amide) rings is 1. The van der Waals surface area contributed by atoms with Gasteiger partial charge in [0.2, 0.25) is 5.16 Å². The number of aliphatic hydroxyl groups is 1. The molecule has 0 aliphatic carbocycles. The number of thioether (sulfide) groups is 2. The van der Waals surface area contributed by atoms with Crippen LogP contribution in [0, 0.1) is 0 Å². The molecule has 1 aromatic heterocycles. The van der Waals surface area contributed by atoms with Crippen molar-refractivity contribution in [3.8, 4) is 0 Å². The van der Waals surface area contributed by atoms with Gasteiger partial charge in [-0.25, -0.2) is 18.2 Å². The van der Waals surface area contributed by atoms with E-state index in [1.807, 2.05) is 4.72 Å². The SMILES string of the molecule is O=C([O-])C1=C(C(CCNS(=O)(=O)[O-])Sc2nnn[nH]2)CS[C@H]2C(NC(=O)C(O)c3ccccc3)C(=O)N12.[Na+].[Na+]. The number of aliphatic carboxylic acids is 1. The smallest absolute Gasteiger partial charge is 0.735 e. The van der Waals surface area contributed by atoms with Gasteiger partial charge in [-0.3, -0.25) is 14.5 Å². The first-order valence-electron chi connectivity index (χ1n) is 10.6. The Morgan fingerprint density at radius 1 is 1.28 bits per heavy atom. The van der Waals surface area contributed by atoms with Crippen molar-refractivity contribution >= 4 is 51.6 Å². The Morgan fingerprint density at radius 3 is 2.56 bits per heavy atom. The summed E-state index contributed by atoms with van der Waals surface area (Å²) in [7, 11) is -4.74. The van der Waals surface area contributed by atoms with Gasteiger partial charge >= 0.3 is 59.1 Å². The van der Waals surface area contributed by atoms with Crippen molar-refractivity contribution in [2.75, 3.05) is 12.3 Å². The van der Waals surface area contributed by atoms with Crippen LogP contribution >= 0.6 is 23.5 Å². The fraction of sp³-hybridized carbons (Fsp3) is 0.368. The average molecular weight is 616 g/mol. The van der Waals surface area contributed by atoms with Gasteiger partial charge in [0.1, 0.15) is 11.4 Å². The predicted octanol–water partition coefficient (Wildman–Crippen LogP) is -8.75. The van der Waals surface area contributed by atoms with Crippen LogP contribution in [-0.2, 0) is 24.7 Å². The predicted molar refractivity (Wildman–Crippen MR) is 125 cm³/mol. The van der Waals surface area contributed by atoms with Crippen LogP contribution in [0.25, 0.3) is 0 Å². The van der Waals surface area contributed by atoms with Crippen molar-refractivity contribution in [3.63, 3.8) is 0 Å². The number of rotatable bonds is 11. The maximum absolute atomic E-state index is 12.9. The summed E-state index contributed by atoms with van der Waals surface area (Å²) in [4.78, 5) is 38.6. The molecule has 3 unspecified atom stereocenters. The van der Waals surface area contributed by atoms with Gasteiger partial charge in [-0.1, -0.05) is 42.1 Å². The molecule has 20 heteroatoms. The number of aromatic nitrogens is 4.